The zero-order chi connectivity index (χ0) is 18.8. The average Bonchev–Trinajstić information content (AvgIpc) is 2.88. The van der Waals surface area contributed by atoms with E-state index in [2.05, 4.69) is 94.4 Å². The van der Waals surface area contributed by atoms with Crippen molar-refractivity contribution in [2.24, 2.45) is 0 Å². The van der Waals surface area contributed by atoms with Gasteiger partial charge in [0.15, 0.2) is 0 Å². The van der Waals surface area contributed by atoms with Gasteiger partial charge >= 0.3 is 7.12 Å². The van der Waals surface area contributed by atoms with Crippen LogP contribution in [0.2, 0.25) is 0 Å². The molecule has 0 N–H and O–H groups in total. The Balaban J connectivity index is 1.71. The van der Waals surface area contributed by atoms with Crippen molar-refractivity contribution in [3.8, 4) is 0 Å². The van der Waals surface area contributed by atoms with E-state index in [0.717, 1.165) is 5.46 Å². The number of fused-ring (bicyclic) bond motifs is 5. The highest BCUT2D eigenvalue weighted by Gasteiger charge is 2.51. The standard InChI is InChI=1S/C24H23BO2/c1-23(2)24(3,4)27-25(26-23)18-12-9-17-11-13-20-19-8-6-5-7-16(19)10-14-21(20)22(17)15-18/h5-15H,1-4H3. The van der Waals surface area contributed by atoms with E-state index >= 15 is 0 Å². The maximum absolute atomic E-state index is 6.26. The van der Waals surface area contributed by atoms with Crippen LogP contribution in [-0.4, -0.2) is 18.3 Å². The largest absolute Gasteiger partial charge is 0.494 e. The van der Waals surface area contributed by atoms with E-state index in [0.29, 0.717) is 0 Å². The zero-order valence-corrected chi connectivity index (χ0v) is 16.2. The Bertz CT molecular complexity index is 1180. The summed E-state index contributed by atoms with van der Waals surface area (Å²) in [5, 5.41) is 7.59. The third kappa shape index (κ3) is 2.49. The summed E-state index contributed by atoms with van der Waals surface area (Å²) < 4.78 is 12.5. The number of hydrogen-bond donors (Lipinski definition) is 0. The quantitative estimate of drug-likeness (QED) is 0.334. The molecule has 0 saturated carbocycles. The van der Waals surface area contributed by atoms with Crippen LogP contribution < -0.4 is 5.46 Å². The lowest BCUT2D eigenvalue weighted by molar-refractivity contribution is 0.00578. The Morgan fingerprint density at radius 2 is 1.15 bits per heavy atom. The molecule has 0 amide bonds. The van der Waals surface area contributed by atoms with E-state index in [1.165, 1.54) is 32.3 Å². The van der Waals surface area contributed by atoms with Gasteiger partial charge in [-0.1, -0.05) is 66.7 Å². The van der Waals surface area contributed by atoms with Crippen LogP contribution in [0.25, 0.3) is 32.3 Å². The molecule has 0 atom stereocenters. The van der Waals surface area contributed by atoms with Gasteiger partial charge < -0.3 is 9.31 Å². The van der Waals surface area contributed by atoms with Crippen LogP contribution in [0.1, 0.15) is 27.7 Å². The molecular formula is C24H23BO2. The van der Waals surface area contributed by atoms with Crippen LogP contribution >= 0.6 is 0 Å². The first-order valence-corrected chi connectivity index (χ1v) is 9.56. The van der Waals surface area contributed by atoms with Crippen molar-refractivity contribution in [1.29, 1.82) is 0 Å². The SMILES string of the molecule is CC1(C)OB(c2ccc3ccc4c5ccccc5ccc4c3c2)OC1(C)C. The van der Waals surface area contributed by atoms with Crippen molar-refractivity contribution in [2.45, 2.75) is 38.9 Å². The molecule has 0 spiro atoms. The van der Waals surface area contributed by atoms with Crippen LogP contribution in [0.4, 0.5) is 0 Å². The highest BCUT2D eigenvalue weighted by atomic mass is 16.7. The van der Waals surface area contributed by atoms with Gasteiger partial charge in [0, 0.05) is 0 Å². The minimum Gasteiger partial charge on any atom is -0.399 e. The Labute approximate surface area is 160 Å². The van der Waals surface area contributed by atoms with E-state index in [9.17, 15) is 0 Å². The third-order valence-corrected chi connectivity index (χ3v) is 6.29. The van der Waals surface area contributed by atoms with Crippen molar-refractivity contribution in [2.75, 3.05) is 0 Å². The van der Waals surface area contributed by atoms with Crippen molar-refractivity contribution in [1.82, 2.24) is 0 Å². The second kappa shape index (κ2) is 5.57. The van der Waals surface area contributed by atoms with Gasteiger partial charge in [0.1, 0.15) is 0 Å². The molecule has 0 aromatic heterocycles. The molecule has 134 valence electrons. The zero-order valence-electron chi connectivity index (χ0n) is 16.2. The molecule has 1 aliphatic heterocycles. The van der Waals surface area contributed by atoms with Crippen LogP contribution in [0.5, 0.6) is 0 Å². The van der Waals surface area contributed by atoms with Gasteiger partial charge in [0.25, 0.3) is 0 Å². The van der Waals surface area contributed by atoms with Gasteiger partial charge in [-0.15, -0.1) is 0 Å². The van der Waals surface area contributed by atoms with Gasteiger partial charge in [0.05, 0.1) is 11.2 Å². The van der Waals surface area contributed by atoms with E-state index < -0.39 is 0 Å². The normalized spacial score (nSPS) is 18.6. The number of benzene rings is 4. The highest BCUT2D eigenvalue weighted by molar-refractivity contribution is 6.62. The first-order chi connectivity index (χ1) is 12.9. The average molecular weight is 354 g/mol. The van der Waals surface area contributed by atoms with Crippen LogP contribution in [0.3, 0.4) is 0 Å². The summed E-state index contributed by atoms with van der Waals surface area (Å²) in [6.07, 6.45) is 0. The molecule has 4 aromatic carbocycles. The Morgan fingerprint density at radius 3 is 1.85 bits per heavy atom. The van der Waals surface area contributed by atoms with Crippen molar-refractivity contribution in [3.05, 3.63) is 66.7 Å². The molecule has 27 heavy (non-hydrogen) atoms. The van der Waals surface area contributed by atoms with Gasteiger partial charge in [-0.2, -0.15) is 0 Å². The van der Waals surface area contributed by atoms with E-state index in [4.69, 9.17) is 9.31 Å². The summed E-state index contributed by atoms with van der Waals surface area (Å²) in [6.45, 7) is 8.37. The smallest absolute Gasteiger partial charge is 0.399 e. The summed E-state index contributed by atoms with van der Waals surface area (Å²) in [6, 6.07) is 24.0. The summed E-state index contributed by atoms with van der Waals surface area (Å²) in [5.41, 5.74) is 0.408. The van der Waals surface area contributed by atoms with Crippen LogP contribution in [0, 0.1) is 0 Å². The molecule has 3 heteroatoms. The molecule has 2 nitrogen and oxygen atoms in total. The predicted octanol–water partition coefficient (Wildman–Crippen LogP) is 5.45. The second-order valence-corrected chi connectivity index (χ2v) is 8.52. The number of hydrogen-bond acceptors (Lipinski definition) is 2. The summed E-state index contributed by atoms with van der Waals surface area (Å²) in [7, 11) is -0.338. The van der Waals surface area contributed by atoms with Gasteiger partial charge in [-0.25, -0.2) is 0 Å². The molecule has 0 radical (unpaired) electrons. The number of rotatable bonds is 1. The summed E-state index contributed by atoms with van der Waals surface area (Å²) in [4.78, 5) is 0. The molecule has 1 fully saturated rings. The fourth-order valence-corrected chi connectivity index (χ4v) is 3.96. The van der Waals surface area contributed by atoms with Gasteiger partial charge in [-0.3, -0.25) is 0 Å². The van der Waals surface area contributed by atoms with E-state index in [1.54, 1.807) is 0 Å². The lowest BCUT2D eigenvalue weighted by atomic mass is 9.78. The topological polar surface area (TPSA) is 18.5 Å². The van der Waals surface area contributed by atoms with Crippen molar-refractivity contribution >= 4 is 44.9 Å². The van der Waals surface area contributed by atoms with Gasteiger partial charge in [0.2, 0.25) is 0 Å². The summed E-state index contributed by atoms with van der Waals surface area (Å²) >= 11 is 0. The van der Waals surface area contributed by atoms with Crippen LogP contribution in [0.15, 0.2) is 66.7 Å². The molecule has 0 unspecified atom stereocenters. The minimum absolute atomic E-state index is 0.332. The lowest BCUT2D eigenvalue weighted by Gasteiger charge is -2.32. The monoisotopic (exact) mass is 354 g/mol. The molecule has 1 aliphatic rings. The molecule has 0 aliphatic carbocycles. The van der Waals surface area contributed by atoms with Crippen molar-refractivity contribution < 1.29 is 9.31 Å². The molecule has 4 aromatic rings. The Hall–Kier alpha value is -2.36. The first kappa shape index (κ1) is 16.8. The van der Waals surface area contributed by atoms with Gasteiger partial charge in [-0.05, 0) is 65.5 Å². The predicted molar refractivity (Wildman–Crippen MR) is 115 cm³/mol. The Kier molecular flexibility index (Phi) is 3.47. The molecule has 5 rings (SSSR count). The minimum atomic E-state index is -0.338. The van der Waals surface area contributed by atoms with Crippen molar-refractivity contribution in [3.63, 3.8) is 0 Å². The third-order valence-electron chi connectivity index (χ3n) is 6.29. The van der Waals surface area contributed by atoms with E-state index in [-0.39, 0.29) is 18.3 Å². The molecule has 1 heterocycles. The second-order valence-electron chi connectivity index (χ2n) is 8.52. The lowest BCUT2D eigenvalue weighted by Crippen LogP contribution is -2.41. The molecule has 0 bridgehead atoms. The molecule has 1 saturated heterocycles. The first-order valence-electron chi connectivity index (χ1n) is 9.56. The fourth-order valence-electron chi connectivity index (χ4n) is 3.96. The maximum atomic E-state index is 6.26. The fraction of sp³-hybridized carbons (Fsp3) is 0.250. The maximum Gasteiger partial charge on any atom is 0.494 e. The van der Waals surface area contributed by atoms with E-state index in [1.807, 2.05) is 0 Å². The molecular weight excluding hydrogens is 331 g/mol. The summed E-state index contributed by atoms with van der Waals surface area (Å²) in [5.74, 6) is 0. The van der Waals surface area contributed by atoms with Crippen LogP contribution in [-0.2, 0) is 9.31 Å². The highest BCUT2D eigenvalue weighted by Crippen LogP contribution is 2.37. The Morgan fingerprint density at radius 1 is 0.593 bits per heavy atom.